The van der Waals surface area contributed by atoms with Crippen LogP contribution in [0, 0.1) is 0 Å². The summed E-state index contributed by atoms with van der Waals surface area (Å²) in [6.07, 6.45) is 3.86. The van der Waals surface area contributed by atoms with E-state index >= 15 is 0 Å². The zero-order valence-corrected chi connectivity index (χ0v) is 22.8. The van der Waals surface area contributed by atoms with Crippen molar-refractivity contribution in [2.24, 2.45) is 0 Å². The molecule has 0 bridgehead atoms. The average molecular weight is 527 g/mol. The van der Waals surface area contributed by atoms with Gasteiger partial charge in [0, 0.05) is 38.8 Å². The van der Waals surface area contributed by atoms with Gasteiger partial charge >= 0.3 is 0 Å². The van der Waals surface area contributed by atoms with Crippen LogP contribution >= 0.6 is 0 Å². The zero-order valence-electron chi connectivity index (χ0n) is 22.8. The lowest BCUT2D eigenvalue weighted by Crippen LogP contribution is -2.14. The van der Waals surface area contributed by atoms with Crippen LogP contribution in [-0.4, -0.2) is 9.55 Å². The quantitative estimate of drug-likeness (QED) is 0.224. The van der Waals surface area contributed by atoms with Gasteiger partial charge in [-0.3, -0.25) is 4.98 Å². The molecule has 0 N–H and O–H groups in total. The molecule has 0 spiro atoms. The van der Waals surface area contributed by atoms with E-state index in [2.05, 4.69) is 120 Å². The Morgan fingerprint density at radius 1 is 0.585 bits per heavy atom. The lowest BCUT2D eigenvalue weighted by Gasteiger charge is -2.22. The number of rotatable bonds is 2. The van der Waals surface area contributed by atoms with Gasteiger partial charge in [-0.15, -0.1) is 0 Å². The zero-order chi connectivity index (χ0) is 27.3. The van der Waals surface area contributed by atoms with E-state index in [0.29, 0.717) is 0 Å². The molecular weight excluding hydrogens is 500 g/mol. The first-order chi connectivity index (χ1) is 20.1. The third kappa shape index (κ3) is 3.06. The second kappa shape index (κ2) is 7.96. The maximum absolute atomic E-state index is 6.09. The fourth-order valence-electron chi connectivity index (χ4n) is 7.08. The molecule has 3 heteroatoms. The van der Waals surface area contributed by atoms with Gasteiger partial charge in [0.15, 0.2) is 0 Å². The van der Waals surface area contributed by atoms with Crippen LogP contribution in [0.4, 0.5) is 0 Å². The molecule has 5 aromatic carbocycles. The van der Waals surface area contributed by atoms with Crippen molar-refractivity contribution in [1.82, 2.24) is 9.55 Å². The monoisotopic (exact) mass is 526 g/mol. The Labute approximate surface area is 237 Å². The summed E-state index contributed by atoms with van der Waals surface area (Å²) < 4.78 is 8.45. The Balaban J connectivity index is 1.25. The van der Waals surface area contributed by atoms with Gasteiger partial charge in [-0.25, -0.2) is 0 Å². The van der Waals surface area contributed by atoms with Crippen molar-refractivity contribution in [3.05, 3.63) is 133 Å². The number of pyridine rings is 1. The third-order valence-corrected chi connectivity index (χ3v) is 9.10. The predicted molar refractivity (Wildman–Crippen MR) is 169 cm³/mol. The van der Waals surface area contributed by atoms with E-state index in [1.165, 1.54) is 49.7 Å². The molecule has 9 rings (SSSR count). The van der Waals surface area contributed by atoms with Crippen molar-refractivity contribution in [3.63, 3.8) is 0 Å². The van der Waals surface area contributed by atoms with Crippen LogP contribution < -0.4 is 0 Å². The van der Waals surface area contributed by atoms with Crippen molar-refractivity contribution in [3.8, 4) is 27.9 Å². The summed E-state index contributed by atoms with van der Waals surface area (Å²) in [5.74, 6) is 0. The van der Waals surface area contributed by atoms with Crippen LogP contribution in [0.25, 0.3) is 71.7 Å². The van der Waals surface area contributed by atoms with Gasteiger partial charge in [-0.2, -0.15) is 0 Å². The van der Waals surface area contributed by atoms with Gasteiger partial charge < -0.3 is 8.98 Å². The second-order valence-electron chi connectivity index (χ2n) is 11.7. The molecule has 0 radical (unpaired) electrons. The molecule has 3 nitrogen and oxygen atoms in total. The SMILES string of the molecule is CC1(C)c2ccc(-c3ccc4oc5ccccc5c4c3)cc2-c2cc(-n3c4ccccc4c4ccncc43)ccc21. The summed E-state index contributed by atoms with van der Waals surface area (Å²) >= 11 is 0. The van der Waals surface area contributed by atoms with Crippen LogP contribution in [0.1, 0.15) is 25.0 Å². The van der Waals surface area contributed by atoms with Gasteiger partial charge in [0.25, 0.3) is 0 Å². The van der Waals surface area contributed by atoms with Gasteiger partial charge in [0.05, 0.1) is 17.2 Å². The molecule has 1 aliphatic rings. The normalized spacial score (nSPS) is 13.8. The number of nitrogens with zero attached hydrogens (tertiary/aromatic N) is 2. The minimum Gasteiger partial charge on any atom is -0.456 e. The summed E-state index contributed by atoms with van der Waals surface area (Å²) in [5.41, 5.74) is 13.0. The number of hydrogen-bond donors (Lipinski definition) is 0. The average Bonchev–Trinajstić information content (AvgIpc) is 3.62. The molecule has 0 amide bonds. The van der Waals surface area contributed by atoms with Gasteiger partial charge in [0.1, 0.15) is 11.2 Å². The fraction of sp³-hybridized carbons (Fsp3) is 0.0789. The van der Waals surface area contributed by atoms with Crippen molar-refractivity contribution >= 4 is 43.7 Å². The standard InChI is InChI=1S/C38H26N2O/c1-38(2)32-14-11-23(24-12-16-37-31(20-24)28-8-4-6-10-36(28)41-37)19-29(32)30-21-25(13-15-33(30)38)40-34-9-5-3-7-26(34)27-17-18-39-22-35(27)40/h3-22H,1-2H3. The highest BCUT2D eigenvalue weighted by Crippen LogP contribution is 2.50. The Hall–Kier alpha value is -5.15. The number of benzene rings is 5. The summed E-state index contributed by atoms with van der Waals surface area (Å²) in [7, 11) is 0. The summed E-state index contributed by atoms with van der Waals surface area (Å²) in [4.78, 5) is 4.48. The van der Waals surface area contributed by atoms with E-state index < -0.39 is 0 Å². The molecule has 8 aromatic rings. The molecule has 0 unspecified atom stereocenters. The summed E-state index contributed by atoms with van der Waals surface area (Å²) in [6.45, 7) is 4.68. The molecule has 0 saturated carbocycles. The smallest absolute Gasteiger partial charge is 0.135 e. The Kier molecular flexibility index (Phi) is 4.39. The lowest BCUT2D eigenvalue weighted by atomic mass is 9.82. The highest BCUT2D eigenvalue weighted by atomic mass is 16.3. The van der Waals surface area contributed by atoms with Crippen LogP contribution in [0.2, 0.25) is 0 Å². The first kappa shape index (κ1) is 22.6. The highest BCUT2D eigenvalue weighted by molar-refractivity contribution is 6.09. The number of para-hydroxylation sites is 2. The van der Waals surface area contributed by atoms with E-state index in [-0.39, 0.29) is 5.41 Å². The number of hydrogen-bond acceptors (Lipinski definition) is 2. The molecule has 3 heterocycles. The number of furan rings is 1. The Morgan fingerprint density at radius 3 is 2.17 bits per heavy atom. The molecule has 194 valence electrons. The van der Waals surface area contributed by atoms with E-state index in [4.69, 9.17) is 4.42 Å². The fourth-order valence-corrected chi connectivity index (χ4v) is 7.08. The van der Waals surface area contributed by atoms with Crippen molar-refractivity contribution < 1.29 is 4.42 Å². The highest BCUT2D eigenvalue weighted by Gasteiger charge is 2.36. The van der Waals surface area contributed by atoms with Crippen LogP contribution in [0.15, 0.2) is 126 Å². The van der Waals surface area contributed by atoms with E-state index in [9.17, 15) is 0 Å². The summed E-state index contributed by atoms with van der Waals surface area (Å²) in [5, 5.41) is 4.78. The molecule has 0 saturated heterocycles. The first-order valence-corrected chi connectivity index (χ1v) is 14.1. The molecule has 1 aliphatic carbocycles. The molecular formula is C38H26N2O. The number of fused-ring (bicyclic) bond motifs is 9. The van der Waals surface area contributed by atoms with E-state index in [0.717, 1.165) is 33.1 Å². The molecule has 3 aromatic heterocycles. The largest absolute Gasteiger partial charge is 0.456 e. The second-order valence-corrected chi connectivity index (χ2v) is 11.7. The molecule has 0 fully saturated rings. The maximum atomic E-state index is 6.09. The van der Waals surface area contributed by atoms with Gasteiger partial charge in [-0.1, -0.05) is 74.5 Å². The molecule has 0 aliphatic heterocycles. The van der Waals surface area contributed by atoms with Crippen molar-refractivity contribution in [2.75, 3.05) is 0 Å². The van der Waals surface area contributed by atoms with E-state index in [1.54, 1.807) is 0 Å². The number of aromatic nitrogens is 2. The Bertz CT molecular complexity index is 2300. The maximum Gasteiger partial charge on any atom is 0.135 e. The summed E-state index contributed by atoms with van der Waals surface area (Å²) in [6, 6.07) is 39.5. The lowest BCUT2D eigenvalue weighted by molar-refractivity contribution is 0.660. The van der Waals surface area contributed by atoms with Gasteiger partial charge in [0.2, 0.25) is 0 Å². The Morgan fingerprint density at radius 2 is 1.27 bits per heavy atom. The van der Waals surface area contributed by atoms with Crippen LogP contribution in [0.3, 0.4) is 0 Å². The van der Waals surface area contributed by atoms with Crippen molar-refractivity contribution in [2.45, 2.75) is 19.3 Å². The van der Waals surface area contributed by atoms with Crippen LogP contribution in [0.5, 0.6) is 0 Å². The topological polar surface area (TPSA) is 31.0 Å². The predicted octanol–water partition coefficient (Wildman–Crippen LogP) is 10.1. The molecule has 41 heavy (non-hydrogen) atoms. The van der Waals surface area contributed by atoms with Crippen LogP contribution in [-0.2, 0) is 5.41 Å². The van der Waals surface area contributed by atoms with Gasteiger partial charge in [-0.05, 0) is 81.9 Å². The van der Waals surface area contributed by atoms with Crippen molar-refractivity contribution in [1.29, 1.82) is 0 Å². The van der Waals surface area contributed by atoms with E-state index in [1.807, 2.05) is 24.5 Å². The minimum absolute atomic E-state index is 0.0746. The first-order valence-electron chi connectivity index (χ1n) is 14.1. The minimum atomic E-state index is -0.0746. The third-order valence-electron chi connectivity index (χ3n) is 9.10. The molecule has 0 atom stereocenters.